The number of ether oxygens (including phenoxy) is 1. The predicted octanol–water partition coefficient (Wildman–Crippen LogP) is 2.42. The molecule has 12 nitrogen and oxygen atoms in total. The van der Waals surface area contributed by atoms with Crippen LogP contribution in [0.25, 0.3) is 11.3 Å². The van der Waals surface area contributed by atoms with Gasteiger partial charge in [-0.1, -0.05) is 12.1 Å². The zero-order valence-electron chi connectivity index (χ0n) is 23.7. The Labute approximate surface area is 245 Å². The third kappa shape index (κ3) is 6.90. The molecule has 2 aromatic rings. The van der Waals surface area contributed by atoms with Gasteiger partial charge in [0, 0.05) is 50.6 Å². The summed E-state index contributed by atoms with van der Waals surface area (Å²) in [5.41, 5.74) is 1.30. The Kier molecular flexibility index (Phi) is 9.09. The SMILES string of the molecule is CS(=O)(=O)c1ccc(-c2cc(C(=O)N3CCC(N4CCCC(C(=O)N5CCOCC5)C4)CC3)c(NC(=O)O)cn2)cc1. The summed E-state index contributed by atoms with van der Waals surface area (Å²) in [5.74, 6) is -0.0935. The van der Waals surface area contributed by atoms with Crippen molar-refractivity contribution in [3.63, 3.8) is 0 Å². The second kappa shape index (κ2) is 12.8. The van der Waals surface area contributed by atoms with E-state index in [1.54, 1.807) is 23.1 Å². The van der Waals surface area contributed by atoms with Crippen molar-refractivity contribution < 1.29 is 32.6 Å². The summed E-state index contributed by atoms with van der Waals surface area (Å²) >= 11 is 0. The second-order valence-corrected chi connectivity index (χ2v) is 13.2. The fraction of sp³-hybridized carbons (Fsp3) is 0.517. The average molecular weight is 600 g/mol. The fourth-order valence-corrected chi connectivity index (χ4v) is 6.69. The van der Waals surface area contributed by atoms with Crippen LogP contribution in [0.4, 0.5) is 10.5 Å². The standard InChI is InChI=1S/C29H37N5O7S/c1-42(39,40)23-6-4-20(5-7-23)25-17-24(26(18-30-25)31-29(37)38)28(36)32-11-8-22(9-12-32)34-10-2-3-21(19-34)27(35)33-13-15-41-16-14-33/h4-7,17-18,21-22,31H,2-3,8-16,19H2,1H3,(H,37,38). The van der Waals surface area contributed by atoms with E-state index in [1.165, 1.54) is 18.3 Å². The number of nitrogens with zero attached hydrogens (tertiary/aromatic N) is 4. The Morgan fingerprint density at radius 3 is 2.31 bits per heavy atom. The number of nitrogens with one attached hydrogen (secondary N) is 1. The monoisotopic (exact) mass is 599 g/mol. The van der Waals surface area contributed by atoms with Gasteiger partial charge in [-0.2, -0.15) is 0 Å². The van der Waals surface area contributed by atoms with Crippen LogP contribution in [0.1, 0.15) is 36.0 Å². The summed E-state index contributed by atoms with van der Waals surface area (Å²) in [6.45, 7) is 5.16. The number of amides is 3. The summed E-state index contributed by atoms with van der Waals surface area (Å²) in [5, 5.41) is 11.6. The zero-order chi connectivity index (χ0) is 29.9. The van der Waals surface area contributed by atoms with Gasteiger partial charge in [0.05, 0.1) is 47.2 Å². The summed E-state index contributed by atoms with van der Waals surface area (Å²) < 4.78 is 29.0. The molecule has 3 amide bonds. The van der Waals surface area contributed by atoms with Crippen LogP contribution in [0.5, 0.6) is 0 Å². The molecule has 0 saturated carbocycles. The molecule has 3 fully saturated rings. The lowest BCUT2D eigenvalue weighted by atomic mass is 9.92. The number of sulfone groups is 1. The van der Waals surface area contributed by atoms with Crippen LogP contribution in [0, 0.1) is 5.92 Å². The third-order valence-corrected chi connectivity index (χ3v) is 9.48. The highest BCUT2D eigenvalue weighted by Crippen LogP contribution is 2.29. The number of carbonyl (C=O) groups excluding carboxylic acids is 2. The average Bonchev–Trinajstić information content (AvgIpc) is 3.00. The third-order valence-electron chi connectivity index (χ3n) is 8.35. The number of carboxylic acid groups (broad SMARTS) is 1. The van der Waals surface area contributed by atoms with Crippen LogP contribution >= 0.6 is 0 Å². The van der Waals surface area contributed by atoms with Gasteiger partial charge in [0.15, 0.2) is 9.84 Å². The van der Waals surface area contributed by atoms with Crippen molar-refractivity contribution in [2.45, 2.75) is 36.6 Å². The van der Waals surface area contributed by atoms with Crippen LogP contribution in [-0.4, -0.2) is 116 Å². The van der Waals surface area contributed by atoms with E-state index in [4.69, 9.17) is 4.74 Å². The summed E-state index contributed by atoms with van der Waals surface area (Å²) in [6.07, 6.45) is 4.52. The zero-order valence-corrected chi connectivity index (χ0v) is 24.5. The fourth-order valence-electron chi connectivity index (χ4n) is 6.06. The first-order valence-electron chi connectivity index (χ1n) is 14.3. The Balaban J connectivity index is 1.26. The lowest BCUT2D eigenvalue weighted by Gasteiger charge is -2.43. The molecule has 42 heavy (non-hydrogen) atoms. The van der Waals surface area contributed by atoms with Gasteiger partial charge in [-0.15, -0.1) is 0 Å². The quantitative estimate of drug-likeness (QED) is 0.510. The highest BCUT2D eigenvalue weighted by molar-refractivity contribution is 7.90. The van der Waals surface area contributed by atoms with Crippen molar-refractivity contribution >= 4 is 33.4 Å². The van der Waals surface area contributed by atoms with E-state index in [0.717, 1.165) is 45.0 Å². The molecule has 226 valence electrons. The van der Waals surface area contributed by atoms with Crippen molar-refractivity contribution in [3.8, 4) is 11.3 Å². The van der Waals surface area contributed by atoms with Gasteiger partial charge in [0.2, 0.25) is 5.91 Å². The maximum atomic E-state index is 13.7. The van der Waals surface area contributed by atoms with Crippen LogP contribution in [-0.2, 0) is 19.4 Å². The number of rotatable bonds is 6. The molecule has 2 N–H and O–H groups in total. The van der Waals surface area contributed by atoms with E-state index in [1.807, 2.05) is 4.90 Å². The van der Waals surface area contributed by atoms with Crippen molar-refractivity contribution in [1.82, 2.24) is 19.7 Å². The number of pyridine rings is 1. The lowest BCUT2D eigenvalue weighted by molar-refractivity contribution is -0.141. The first kappa shape index (κ1) is 29.9. The molecule has 13 heteroatoms. The van der Waals surface area contributed by atoms with E-state index in [2.05, 4.69) is 15.2 Å². The van der Waals surface area contributed by atoms with E-state index < -0.39 is 15.9 Å². The number of likely N-dealkylation sites (tertiary alicyclic amines) is 2. The van der Waals surface area contributed by atoms with Crippen molar-refractivity contribution in [2.24, 2.45) is 5.92 Å². The molecule has 0 bridgehead atoms. The number of hydrogen-bond acceptors (Lipinski definition) is 8. The largest absolute Gasteiger partial charge is 0.465 e. The molecule has 0 spiro atoms. The van der Waals surface area contributed by atoms with Crippen LogP contribution < -0.4 is 5.32 Å². The van der Waals surface area contributed by atoms with Crippen LogP contribution in [0.15, 0.2) is 41.4 Å². The minimum atomic E-state index is -3.37. The molecule has 1 unspecified atom stereocenters. The van der Waals surface area contributed by atoms with Gasteiger partial charge >= 0.3 is 6.09 Å². The number of carbonyl (C=O) groups is 3. The lowest BCUT2D eigenvalue weighted by Crippen LogP contribution is -2.53. The smallest absolute Gasteiger partial charge is 0.409 e. The van der Waals surface area contributed by atoms with Gasteiger partial charge in [-0.3, -0.25) is 24.8 Å². The highest BCUT2D eigenvalue weighted by Gasteiger charge is 2.35. The maximum Gasteiger partial charge on any atom is 0.409 e. The molecule has 0 aliphatic carbocycles. The number of aromatic nitrogens is 1. The normalized spacial score (nSPS) is 20.7. The number of benzene rings is 1. The van der Waals surface area contributed by atoms with Crippen LogP contribution in [0.2, 0.25) is 0 Å². The molecule has 3 saturated heterocycles. The molecule has 3 aliphatic heterocycles. The van der Waals surface area contributed by atoms with Crippen molar-refractivity contribution in [1.29, 1.82) is 0 Å². The molecule has 1 aromatic heterocycles. The summed E-state index contributed by atoms with van der Waals surface area (Å²) in [7, 11) is -3.37. The molecule has 5 rings (SSSR count). The Hall–Kier alpha value is -3.55. The second-order valence-electron chi connectivity index (χ2n) is 11.1. The van der Waals surface area contributed by atoms with Crippen molar-refractivity contribution in [2.75, 3.05) is 64.1 Å². The van der Waals surface area contributed by atoms with Gasteiger partial charge in [-0.25, -0.2) is 13.2 Å². The Morgan fingerprint density at radius 1 is 0.976 bits per heavy atom. The van der Waals surface area contributed by atoms with Gasteiger partial charge < -0.3 is 19.6 Å². The number of hydrogen-bond donors (Lipinski definition) is 2. The minimum absolute atomic E-state index is 0.0112. The first-order chi connectivity index (χ1) is 20.1. The number of anilines is 1. The Morgan fingerprint density at radius 2 is 1.67 bits per heavy atom. The molecule has 0 radical (unpaired) electrons. The molecule has 1 aromatic carbocycles. The summed E-state index contributed by atoms with van der Waals surface area (Å²) in [4.78, 5) is 48.8. The van der Waals surface area contributed by atoms with Crippen molar-refractivity contribution in [3.05, 3.63) is 42.1 Å². The Bertz CT molecular complexity index is 1420. The number of morpholine rings is 1. The molecule has 1 atom stereocenters. The summed E-state index contributed by atoms with van der Waals surface area (Å²) in [6, 6.07) is 7.98. The van der Waals surface area contributed by atoms with E-state index in [9.17, 15) is 27.9 Å². The van der Waals surface area contributed by atoms with Gasteiger partial charge in [0.1, 0.15) is 0 Å². The molecular formula is C29H37N5O7S. The molecule has 4 heterocycles. The highest BCUT2D eigenvalue weighted by atomic mass is 32.2. The maximum absolute atomic E-state index is 13.7. The molecular weight excluding hydrogens is 562 g/mol. The van der Waals surface area contributed by atoms with E-state index >= 15 is 0 Å². The topological polar surface area (TPSA) is 149 Å². The van der Waals surface area contributed by atoms with Gasteiger partial charge in [-0.05, 0) is 50.4 Å². The van der Waals surface area contributed by atoms with E-state index in [0.29, 0.717) is 50.7 Å². The van der Waals surface area contributed by atoms with Crippen LogP contribution in [0.3, 0.4) is 0 Å². The van der Waals surface area contributed by atoms with E-state index in [-0.39, 0.29) is 39.9 Å². The van der Waals surface area contributed by atoms with Gasteiger partial charge in [0.25, 0.3) is 5.91 Å². The predicted molar refractivity (Wildman–Crippen MR) is 155 cm³/mol. The first-order valence-corrected chi connectivity index (χ1v) is 16.2. The number of piperidine rings is 2. The molecule has 3 aliphatic rings. The minimum Gasteiger partial charge on any atom is -0.465 e.